The first kappa shape index (κ1) is 24.1. The third kappa shape index (κ3) is 5.40. The fraction of sp³-hybridized carbons (Fsp3) is 0.0741. The van der Waals surface area contributed by atoms with Crippen molar-refractivity contribution in [2.24, 2.45) is 14.1 Å². The minimum atomic E-state index is 0. The first-order chi connectivity index (χ1) is 16.7. The van der Waals surface area contributed by atoms with Gasteiger partial charge in [0.25, 0.3) is 0 Å². The number of hydrogen-bond donors (Lipinski definition) is 0. The molecule has 1 radical (unpaired) electrons. The average Bonchev–Trinajstić information content (AvgIpc) is 3.67. The van der Waals surface area contributed by atoms with Crippen molar-refractivity contribution in [2.75, 3.05) is 0 Å². The van der Waals surface area contributed by atoms with Crippen LogP contribution in [0.1, 0.15) is 0 Å². The van der Waals surface area contributed by atoms with Crippen LogP contribution in [0.15, 0.2) is 102 Å². The van der Waals surface area contributed by atoms with Crippen LogP contribution in [0, 0.1) is 12.3 Å². The van der Waals surface area contributed by atoms with Gasteiger partial charge in [-0.15, -0.1) is 5.56 Å². The Kier molecular flexibility index (Phi) is 7.55. The summed E-state index contributed by atoms with van der Waals surface area (Å²) in [6.07, 6.45) is 12.1. The molecule has 0 N–H and O–H groups in total. The summed E-state index contributed by atoms with van der Waals surface area (Å²) in [5.41, 5.74) is 4.88. The summed E-state index contributed by atoms with van der Waals surface area (Å²) in [5.74, 6) is 1.38. The first-order valence-electron chi connectivity index (χ1n) is 10.7. The van der Waals surface area contributed by atoms with Crippen molar-refractivity contribution < 1.29 is 24.5 Å². The van der Waals surface area contributed by atoms with Gasteiger partial charge in [0, 0.05) is 45.1 Å². The van der Waals surface area contributed by atoms with Gasteiger partial charge in [-0.05, 0) is 13.1 Å². The maximum absolute atomic E-state index is 5.71. The summed E-state index contributed by atoms with van der Waals surface area (Å²) in [5, 5.41) is 8.40. The van der Waals surface area contributed by atoms with Crippen molar-refractivity contribution in [1.82, 2.24) is 29.1 Å². The van der Waals surface area contributed by atoms with Gasteiger partial charge >= 0.3 is 0 Å². The summed E-state index contributed by atoms with van der Waals surface area (Å²) in [6, 6.07) is 25.0. The zero-order chi connectivity index (χ0) is 23.3. The fourth-order valence-corrected chi connectivity index (χ4v) is 3.56. The van der Waals surface area contributed by atoms with Crippen molar-refractivity contribution >= 4 is 0 Å². The Bertz CT molecular complexity index is 1470. The molecule has 0 bridgehead atoms. The molecular weight excluding hydrogens is 617 g/mol. The number of rotatable bonds is 4. The zero-order valence-electron chi connectivity index (χ0n) is 19.2. The minimum absolute atomic E-state index is 0. The SMILES string of the molecule is Cn1c[c-]c(-c2ncc(-c3ccccc3)o2)c1.Cn1n[c-]c(-n2cccn2)c1-c1ccccc1.[Ir]. The Hall–Kier alpha value is -4.00. The summed E-state index contributed by atoms with van der Waals surface area (Å²) in [4.78, 5) is 4.26. The Balaban J connectivity index is 0.000000160. The van der Waals surface area contributed by atoms with Crippen LogP contribution >= 0.6 is 0 Å². The number of nitrogens with zero attached hydrogens (tertiary/aromatic N) is 6. The Morgan fingerprint density at radius 3 is 2.23 bits per heavy atom. The van der Waals surface area contributed by atoms with Crippen LogP contribution in [0.5, 0.6) is 0 Å². The molecule has 4 aromatic heterocycles. The van der Waals surface area contributed by atoms with Gasteiger partial charge in [-0.2, -0.15) is 11.2 Å². The van der Waals surface area contributed by atoms with E-state index in [4.69, 9.17) is 4.42 Å². The molecule has 7 nitrogen and oxygen atoms in total. The van der Waals surface area contributed by atoms with E-state index in [1.54, 1.807) is 17.1 Å². The number of oxazole rings is 1. The smallest absolute Gasteiger partial charge is 0.137 e. The van der Waals surface area contributed by atoms with Crippen molar-refractivity contribution in [3.8, 4) is 39.7 Å². The quantitative estimate of drug-likeness (QED) is 0.249. The van der Waals surface area contributed by atoms with Crippen LogP contribution < -0.4 is 0 Å². The molecule has 4 heterocycles. The Morgan fingerprint density at radius 2 is 1.60 bits per heavy atom. The first-order valence-corrected chi connectivity index (χ1v) is 10.7. The van der Waals surface area contributed by atoms with E-state index in [0.29, 0.717) is 5.89 Å². The van der Waals surface area contributed by atoms with Gasteiger partial charge in [0.2, 0.25) is 0 Å². The van der Waals surface area contributed by atoms with Gasteiger partial charge in [-0.1, -0.05) is 96.2 Å². The van der Waals surface area contributed by atoms with Gasteiger partial charge in [-0.25, -0.2) is 0 Å². The number of benzene rings is 2. The molecule has 177 valence electrons. The molecule has 0 atom stereocenters. The van der Waals surface area contributed by atoms with Crippen LogP contribution in [0.4, 0.5) is 0 Å². The van der Waals surface area contributed by atoms with E-state index in [9.17, 15) is 0 Å². The average molecular weight is 639 g/mol. The third-order valence-electron chi connectivity index (χ3n) is 5.19. The second-order valence-corrected chi connectivity index (χ2v) is 7.63. The van der Waals surface area contributed by atoms with Crippen LogP contribution in [-0.4, -0.2) is 29.1 Å². The molecule has 0 unspecified atom stereocenters. The molecule has 0 aliphatic carbocycles. The monoisotopic (exact) mass is 639 g/mol. The third-order valence-corrected chi connectivity index (χ3v) is 5.19. The standard InChI is InChI=1S/C14H11N2O.C13H11N4.Ir/c1-16-8-7-12(10-16)14-15-9-13(17-14)11-5-3-2-4-6-11;1-16-13(11-6-3-2-4-7-11)12(10-15-16)17-9-5-8-14-17;/h2-6,8-10H,1H3;2-9H,1H3;/q2*-1;. The topological polar surface area (TPSA) is 66.6 Å². The fourth-order valence-electron chi connectivity index (χ4n) is 3.56. The molecular formula is C27H22IrN6O-2. The molecule has 35 heavy (non-hydrogen) atoms. The number of aromatic nitrogens is 6. The summed E-state index contributed by atoms with van der Waals surface area (Å²) >= 11 is 0. The molecule has 0 spiro atoms. The van der Waals surface area contributed by atoms with E-state index in [1.165, 1.54) is 0 Å². The van der Waals surface area contributed by atoms with Gasteiger partial charge in [0.15, 0.2) is 0 Å². The molecule has 0 saturated carbocycles. The van der Waals surface area contributed by atoms with Crippen molar-refractivity contribution in [3.63, 3.8) is 0 Å². The van der Waals surface area contributed by atoms with E-state index in [0.717, 1.165) is 33.8 Å². The molecule has 0 aliphatic rings. The van der Waals surface area contributed by atoms with Crippen LogP contribution in [0.3, 0.4) is 0 Å². The number of hydrogen-bond acceptors (Lipinski definition) is 4. The normalized spacial score (nSPS) is 10.3. The second-order valence-electron chi connectivity index (χ2n) is 7.63. The molecule has 8 heteroatoms. The van der Waals surface area contributed by atoms with Gasteiger partial charge in [0.1, 0.15) is 11.7 Å². The maximum atomic E-state index is 5.71. The van der Waals surface area contributed by atoms with Gasteiger partial charge < -0.3 is 18.8 Å². The van der Waals surface area contributed by atoms with E-state index < -0.39 is 0 Å². The minimum Gasteiger partial charge on any atom is -0.496 e. The zero-order valence-corrected chi connectivity index (χ0v) is 21.6. The molecule has 0 saturated heterocycles. The molecule has 0 fully saturated rings. The second kappa shape index (κ2) is 11.0. The Morgan fingerprint density at radius 1 is 0.886 bits per heavy atom. The van der Waals surface area contributed by atoms with Crippen LogP contribution in [0.25, 0.3) is 39.7 Å². The largest absolute Gasteiger partial charge is 0.496 e. The van der Waals surface area contributed by atoms with Gasteiger partial charge in [0.05, 0.1) is 6.20 Å². The van der Waals surface area contributed by atoms with Crippen LogP contribution in [-0.2, 0) is 34.2 Å². The Labute approximate surface area is 217 Å². The van der Waals surface area contributed by atoms with E-state index >= 15 is 0 Å². The van der Waals surface area contributed by atoms with Crippen LogP contribution in [0.2, 0.25) is 0 Å². The van der Waals surface area contributed by atoms with E-state index in [1.807, 2.05) is 96.5 Å². The van der Waals surface area contributed by atoms with E-state index in [-0.39, 0.29) is 20.1 Å². The molecule has 2 aromatic carbocycles. The van der Waals surface area contributed by atoms with Crippen molar-refractivity contribution in [2.45, 2.75) is 0 Å². The molecule has 6 rings (SSSR count). The van der Waals surface area contributed by atoms with Crippen molar-refractivity contribution in [1.29, 1.82) is 0 Å². The predicted octanol–water partition coefficient (Wildman–Crippen LogP) is 5.22. The van der Waals surface area contributed by atoms with E-state index in [2.05, 4.69) is 39.6 Å². The summed E-state index contributed by atoms with van der Waals surface area (Å²) in [6.45, 7) is 0. The van der Waals surface area contributed by atoms with Crippen molar-refractivity contribution in [3.05, 3.63) is 110 Å². The number of aryl methyl sites for hydroxylation is 2. The van der Waals surface area contributed by atoms with Gasteiger partial charge in [-0.3, -0.25) is 9.67 Å². The maximum Gasteiger partial charge on any atom is 0.137 e. The predicted molar refractivity (Wildman–Crippen MR) is 130 cm³/mol. The molecule has 6 aromatic rings. The summed E-state index contributed by atoms with van der Waals surface area (Å²) in [7, 11) is 3.85. The summed E-state index contributed by atoms with van der Waals surface area (Å²) < 4.78 is 11.2. The molecule has 0 aliphatic heterocycles. The molecule has 0 amide bonds.